The van der Waals surface area contributed by atoms with E-state index in [1.165, 1.54) is 11.1 Å². The van der Waals surface area contributed by atoms with Crippen molar-refractivity contribution in [3.63, 3.8) is 0 Å². The zero-order valence-electron chi connectivity index (χ0n) is 12.7. The molecule has 3 nitrogen and oxygen atoms in total. The van der Waals surface area contributed by atoms with Crippen LogP contribution in [0.15, 0.2) is 30.8 Å². The highest BCUT2D eigenvalue weighted by Crippen LogP contribution is 2.30. The minimum atomic E-state index is -2.59. The molecule has 0 aliphatic rings. The standard InChI is InChI=1S/C15H24O3SSi/c1-6-13-10-8-9-11-14(13)12-19-15(7-2)20(16-3,17-4)18-5/h6,8-11,15H,1,7,12H2,2-5H3. The lowest BCUT2D eigenvalue weighted by molar-refractivity contribution is 0.121. The molecule has 0 aliphatic heterocycles. The molecule has 1 unspecified atom stereocenters. The Morgan fingerprint density at radius 2 is 1.80 bits per heavy atom. The molecule has 0 bridgehead atoms. The SMILES string of the molecule is C=Cc1ccccc1CSC(CC)[Si](OC)(OC)OC. The van der Waals surface area contributed by atoms with Crippen molar-refractivity contribution >= 4 is 26.6 Å². The van der Waals surface area contributed by atoms with E-state index in [9.17, 15) is 0 Å². The fourth-order valence-electron chi connectivity index (χ4n) is 2.17. The van der Waals surface area contributed by atoms with Crippen LogP contribution in [-0.4, -0.2) is 35.0 Å². The van der Waals surface area contributed by atoms with Gasteiger partial charge in [0.1, 0.15) is 0 Å². The molecule has 5 heteroatoms. The van der Waals surface area contributed by atoms with Crippen LogP contribution in [0.4, 0.5) is 0 Å². The van der Waals surface area contributed by atoms with Gasteiger partial charge in [-0.3, -0.25) is 0 Å². The van der Waals surface area contributed by atoms with Gasteiger partial charge in [-0.1, -0.05) is 43.8 Å². The Morgan fingerprint density at radius 1 is 1.20 bits per heavy atom. The molecule has 112 valence electrons. The first-order chi connectivity index (χ1) is 9.67. The fourth-order valence-corrected chi connectivity index (χ4v) is 6.77. The van der Waals surface area contributed by atoms with Crippen molar-refractivity contribution in [1.29, 1.82) is 0 Å². The molecule has 0 saturated carbocycles. The summed E-state index contributed by atoms with van der Waals surface area (Å²) in [6, 6.07) is 8.29. The van der Waals surface area contributed by atoms with E-state index in [1.54, 1.807) is 21.3 Å². The molecule has 1 rings (SSSR count). The normalized spacial score (nSPS) is 13.2. The topological polar surface area (TPSA) is 27.7 Å². The van der Waals surface area contributed by atoms with E-state index in [4.69, 9.17) is 13.3 Å². The van der Waals surface area contributed by atoms with Gasteiger partial charge < -0.3 is 13.3 Å². The van der Waals surface area contributed by atoms with E-state index in [2.05, 4.69) is 31.7 Å². The van der Waals surface area contributed by atoms with Crippen molar-refractivity contribution < 1.29 is 13.3 Å². The highest BCUT2D eigenvalue weighted by atomic mass is 32.2. The summed E-state index contributed by atoms with van der Waals surface area (Å²) >= 11 is 1.82. The van der Waals surface area contributed by atoms with Crippen molar-refractivity contribution in [2.45, 2.75) is 24.0 Å². The van der Waals surface area contributed by atoms with Crippen LogP contribution in [0, 0.1) is 0 Å². The molecule has 20 heavy (non-hydrogen) atoms. The Balaban J connectivity index is 2.81. The number of hydrogen-bond donors (Lipinski definition) is 0. The third-order valence-corrected chi connectivity index (χ3v) is 8.82. The Bertz CT molecular complexity index is 413. The smallest absolute Gasteiger partial charge is 0.376 e. The summed E-state index contributed by atoms with van der Waals surface area (Å²) in [7, 11) is 2.41. The molecule has 0 fully saturated rings. The first-order valence-electron chi connectivity index (χ1n) is 6.64. The van der Waals surface area contributed by atoms with E-state index in [1.807, 2.05) is 23.9 Å². The van der Waals surface area contributed by atoms with E-state index in [0.717, 1.165) is 12.2 Å². The summed E-state index contributed by atoms with van der Waals surface area (Å²) in [6.45, 7) is 6.00. The second kappa shape index (κ2) is 8.64. The van der Waals surface area contributed by atoms with Gasteiger partial charge in [0.25, 0.3) is 0 Å². The van der Waals surface area contributed by atoms with Gasteiger partial charge in [-0.05, 0) is 17.5 Å². The molecule has 0 spiro atoms. The van der Waals surface area contributed by atoms with E-state index >= 15 is 0 Å². The number of rotatable bonds is 9. The Labute approximate surface area is 127 Å². The maximum atomic E-state index is 5.59. The van der Waals surface area contributed by atoms with Gasteiger partial charge in [0.15, 0.2) is 0 Å². The van der Waals surface area contributed by atoms with Gasteiger partial charge in [-0.15, -0.1) is 11.8 Å². The largest absolute Gasteiger partial charge is 0.513 e. The molecule has 0 N–H and O–H groups in total. The van der Waals surface area contributed by atoms with Crippen LogP contribution in [0.2, 0.25) is 0 Å². The van der Waals surface area contributed by atoms with Gasteiger partial charge >= 0.3 is 8.80 Å². The molecule has 1 aromatic rings. The van der Waals surface area contributed by atoms with Crippen LogP contribution in [0.3, 0.4) is 0 Å². The summed E-state index contributed by atoms with van der Waals surface area (Å²) in [5.74, 6) is 0.894. The summed E-state index contributed by atoms with van der Waals surface area (Å²) in [5.41, 5.74) is 2.45. The highest BCUT2D eigenvalue weighted by molar-refractivity contribution is 8.00. The van der Waals surface area contributed by atoms with Crippen LogP contribution in [0.5, 0.6) is 0 Å². The Morgan fingerprint density at radius 3 is 2.30 bits per heavy atom. The minimum absolute atomic E-state index is 0.223. The van der Waals surface area contributed by atoms with Crippen LogP contribution >= 0.6 is 11.8 Å². The average Bonchev–Trinajstić information content (AvgIpc) is 2.52. The number of thioether (sulfide) groups is 1. The Hall–Kier alpha value is -0.593. The second-order valence-electron chi connectivity index (χ2n) is 4.33. The van der Waals surface area contributed by atoms with E-state index < -0.39 is 8.80 Å². The van der Waals surface area contributed by atoms with Gasteiger partial charge in [0.2, 0.25) is 0 Å². The molecule has 0 saturated heterocycles. The lowest BCUT2D eigenvalue weighted by Crippen LogP contribution is -2.52. The predicted molar refractivity (Wildman–Crippen MR) is 88.7 cm³/mol. The molecule has 0 aromatic heterocycles. The van der Waals surface area contributed by atoms with Crippen molar-refractivity contribution in [2.24, 2.45) is 0 Å². The molecular formula is C15H24O3SSi. The first-order valence-corrected chi connectivity index (χ1v) is 9.49. The third-order valence-electron chi connectivity index (χ3n) is 3.33. The van der Waals surface area contributed by atoms with E-state index in [0.29, 0.717) is 0 Å². The zero-order chi connectivity index (χ0) is 15.0. The maximum absolute atomic E-state index is 5.59. The van der Waals surface area contributed by atoms with Gasteiger partial charge in [-0.2, -0.15) is 0 Å². The van der Waals surface area contributed by atoms with Crippen molar-refractivity contribution in [1.82, 2.24) is 0 Å². The third kappa shape index (κ3) is 3.96. The first kappa shape index (κ1) is 17.5. The molecule has 0 aliphatic carbocycles. The lowest BCUT2D eigenvalue weighted by Gasteiger charge is -2.31. The summed E-state index contributed by atoms with van der Waals surface area (Å²) in [5, 5.41) is 0. The van der Waals surface area contributed by atoms with Crippen LogP contribution in [0.1, 0.15) is 24.5 Å². The quantitative estimate of drug-likeness (QED) is 0.649. The van der Waals surface area contributed by atoms with Crippen LogP contribution in [0.25, 0.3) is 6.08 Å². The van der Waals surface area contributed by atoms with Gasteiger partial charge in [-0.25, -0.2) is 0 Å². The molecule has 0 amide bonds. The maximum Gasteiger partial charge on any atom is 0.513 e. The minimum Gasteiger partial charge on any atom is -0.376 e. The van der Waals surface area contributed by atoms with Crippen molar-refractivity contribution in [2.75, 3.05) is 21.3 Å². The lowest BCUT2D eigenvalue weighted by atomic mass is 10.1. The summed E-state index contributed by atoms with van der Waals surface area (Å²) in [6.07, 6.45) is 2.84. The van der Waals surface area contributed by atoms with E-state index in [-0.39, 0.29) is 4.87 Å². The second-order valence-corrected chi connectivity index (χ2v) is 9.07. The Kier molecular flexibility index (Phi) is 7.54. The molecular weight excluding hydrogens is 288 g/mol. The molecule has 1 atom stereocenters. The van der Waals surface area contributed by atoms with Crippen LogP contribution < -0.4 is 0 Å². The van der Waals surface area contributed by atoms with Crippen molar-refractivity contribution in [3.05, 3.63) is 42.0 Å². The molecule has 1 aromatic carbocycles. The van der Waals surface area contributed by atoms with Gasteiger partial charge in [0.05, 0.1) is 4.87 Å². The average molecular weight is 313 g/mol. The van der Waals surface area contributed by atoms with Crippen molar-refractivity contribution in [3.8, 4) is 0 Å². The monoisotopic (exact) mass is 312 g/mol. The number of hydrogen-bond acceptors (Lipinski definition) is 4. The fraction of sp³-hybridized carbons (Fsp3) is 0.467. The highest BCUT2D eigenvalue weighted by Gasteiger charge is 2.46. The summed E-state index contributed by atoms with van der Waals surface area (Å²) < 4.78 is 16.8. The zero-order valence-corrected chi connectivity index (χ0v) is 14.5. The van der Waals surface area contributed by atoms with Crippen LogP contribution in [-0.2, 0) is 19.0 Å². The van der Waals surface area contributed by atoms with Gasteiger partial charge in [0, 0.05) is 27.1 Å². The molecule has 0 radical (unpaired) electrons. The number of benzene rings is 1. The predicted octanol–water partition coefficient (Wildman–Crippen LogP) is 3.76. The summed E-state index contributed by atoms with van der Waals surface area (Å²) in [4.78, 5) is 0.223. The molecule has 0 heterocycles.